The van der Waals surface area contributed by atoms with E-state index in [2.05, 4.69) is 26.8 Å². The zero-order chi connectivity index (χ0) is 11.4. The lowest BCUT2D eigenvalue weighted by Gasteiger charge is -2.53. The van der Waals surface area contributed by atoms with E-state index < -0.39 is 0 Å². The summed E-state index contributed by atoms with van der Waals surface area (Å²) >= 11 is 1.86. The Morgan fingerprint density at radius 2 is 1.67 bits per heavy atom. The molecule has 1 aliphatic carbocycles. The Hall–Kier alpha value is -0.160. The molecule has 1 rings (SSSR count). The third-order valence-corrected chi connectivity index (χ3v) is 4.73. The SMILES string of the molecule is CCCC1(CCC)CC(C#N)(SCC)C1. The Morgan fingerprint density at radius 3 is 2.00 bits per heavy atom. The van der Waals surface area contributed by atoms with Crippen molar-refractivity contribution in [1.29, 1.82) is 5.26 Å². The lowest BCUT2D eigenvalue weighted by Crippen LogP contribution is -2.48. The number of thioether (sulfide) groups is 1. The average Bonchev–Trinajstić information content (AvgIpc) is 2.16. The maximum Gasteiger partial charge on any atom is 0.103 e. The molecule has 0 bridgehead atoms. The minimum absolute atomic E-state index is 0.0287. The first kappa shape index (κ1) is 12.9. The normalized spacial score (nSPS) is 21.7. The molecular weight excluding hydrogens is 202 g/mol. The molecule has 0 atom stereocenters. The van der Waals surface area contributed by atoms with Crippen LogP contribution in [0.3, 0.4) is 0 Å². The summed E-state index contributed by atoms with van der Waals surface area (Å²) in [4.78, 5) is 0. The van der Waals surface area contributed by atoms with Gasteiger partial charge in [-0.1, -0.05) is 33.6 Å². The van der Waals surface area contributed by atoms with Crippen LogP contribution < -0.4 is 0 Å². The second-order valence-corrected chi connectivity index (χ2v) is 6.54. The van der Waals surface area contributed by atoms with E-state index >= 15 is 0 Å². The van der Waals surface area contributed by atoms with Gasteiger partial charge in [-0.2, -0.15) is 5.26 Å². The molecule has 2 heteroatoms. The maximum atomic E-state index is 9.27. The third kappa shape index (κ3) is 2.69. The number of hydrogen-bond donors (Lipinski definition) is 0. The summed E-state index contributed by atoms with van der Waals surface area (Å²) in [6, 6.07) is 2.55. The first-order valence-corrected chi connectivity index (χ1v) is 7.19. The molecule has 15 heavy (non-hydrogen) atoms. The van der Waals surface area contributed by atoms with Crippen molar-refractivity contribution < 1.29 is 0 Å². The van der Waals surface area contributed by atoms with Gasteiger partial charge in [0.25, 0.3) is 0 Å². The summed E-state index contributed by atoms with van der Waals surface area (Å²) < 4.78 is -0.0287. The predicted octanol–water partition coefficient (Wildman–Crippen LogP) is 4.38. The summed E-state index contributed by atoms with van der Waals surface area (Å²) in [6.07, 6.45) is 7.42. The van der Waals surface area contributed by atoms with Gasteiger partial charge >= 0.3 is 0 Å². The fourth-order valence-electron chi connectivity index (χ4n) is 3.19. The lowest BCUT2D eigenvalue weighted by atomic mass is 9.58. The molecule has 0 radical (unpaired) electrons. The van der Waals surface area contributed by atoms with Gasteiger partial charge in [-0.25, -0.2) is 0 Å². The van der Waals surface area contributed by atoms with E-state index in [0.29, 0.717) is 5.41 Å². The van der Waals surface area contributed by atoms with Crippen LogP contribution in [0.15, 0.2) is 0 Å². The fourth-order valence-corrected chi connectivity index (χ4v) is 4.62. The third-order valence-electron chi connectivity index (χ3n) is 3.51. The highest BCUT2D eigenvalue weighted by atomic mass is 32.2. The zero-order valence-electron chi connectivity index (χ0n) is 10.3. The first-order valence-electron chi connectivity index (χ1n) is 6.21. The molecule has 0 N–H and O–H groups in total. The quantitative estimate of drug-likeness (QED) is 0.669. The van der Waals surface area contributed by atoms with Crippen molar-refractivity contribution in [2.24, 2.45) is 5.41 Å². The number of nitrogens with zero attached hydrogens (tertiary/aromatic N) is 1. The maximum absolute atomic E-state index is 9.27. The highest BCUT2D eigenvalue weighted by Crippen LogP contribution is 2.59. The molecule has 0 aromatic carbocycles. The molecule has 0 heterocycles. The summed E-state index contributed by atoms with van der Waals surface area (Å²) in [5.41, 5.74) is 0.515. The Labute approximate surface area is 98.6 Å². The van der Waals surface area contributed by atoms with Gasteiger partial charge in [0.15, 0.2) is 0 Å². The van der Waals surface area contributed by atoms with Gasteiger partial charge in [0.2, 0.25) is 0 Å². The van der Waals surface area contributed by atoms with Crippen LogP contribution in [-0.4, -0.2) is 10.5 Å². The van der Waals surface area contributed by atoms with Crippen LogP contribution >= 0.6 is 11.8 Å². The van der Waals surface area contributed by atoms with Crippen LogP contribution in [-0.2, 0) is 0 Å². The van der Waals surface area contributed by atoms with Crippen molar-refractivity contribution in [2.45, 2.75) is 64.0 Å². The van der Waals surface area contributed by atoms with E-state index in [-0.39, 0.29) is 4.75 Å². The lowest BCUT2D eigenvalue weighted by molar-refractivity contribution is 0.0831. The summed E-state index contributed by atoms with van der Waals surface area (Å²) in [7, 11) is 0. The molecule has 0 aromatic rings. The Balaban J connectivity index is 2.58. The van der Waals surface area contributed by atoms with Crippen molar-refractivity contribution >= 4 is 11.8 Å². The number of rotatable bonds is 6. The Kier molecular flexibility index (Phi) is 4.52. The minimum atomic E-state index is -0.0287. The van der Waals surface area contributed by atoms with Crippen LogP contribution in [0.2, 0.25) is 0 Å². The molecule has 1 fully saturated rings. The highest BCUT2D eigenvalue weighted by molar-refractivity contribution is 8.00. The van der Waals surface area contributed by atoms with Gasteiger partial charge < -0.3 is 0 Å². The molecule has 86 valence electrons. The van der Waals surface area contributed by atoms with Gasteiger partial charge in [-0.05, 0) is 36.9 Å². The molecule has 0 spiro atoms. The monoisotopic (exact) mass is 225 g/mol. The topological polar surface area (TPSA) is 23.8 Å². The van der Waals surface area contributed by atoms with Gasteiger partial charge in [0.05, 0.1) is 6.07 Å². The van der Waals surface area contributed by atoms with Crippen LogP contribution in [0.4, 0.5) is 0 Å². The molecule has 1 nitrogen and oxygen atoms in total. The van der Waals surface area contributed by atoms with E-state index in [1.54, 1.807) is 0 Å². The molecule has 1 saturated carbocycles. The van der Waals surface area contributed by atoms with E-state index in [1.165, 1.54) is 25.7 Å². The average molecular weight is 225 g/mol. The molecule has 1 aliphatic rings. The van der Waals surface area contributed by atoms with Crippen molar-refractivity contribution in [3.8, 4) is 6.07 Å². The van der Waals surface area contributed by atoms with Crippen LogP contribution in [0, 0.1) is 16.7 Å². The smallest absolute Gasteiger partial charge is 0.103 e. The molecule has 0 aliphatic heterocycles. The van der Waals surface area contributed by atoms with E-state index in [0.717, 1.165) is 18.6 Å². The number of hydrogen-bond acceptors (Lipinski definition) is 2. The van der Waals surface area contributed by atoms with Crippen LogP contribution in [0.1, 0.15) is 59.3 Å². The second kappa shape index (κ2) is 5.25. The van der Waals surface area contributed by atoms with Crippen molar-refractivity contribution in [1.82, 2.24) is 0 Å². The highest BCUT2D eigenvalue weighted by Gasteiger charge is 2.53. The zero-order valence-corrected chi connectivity index (χ0v) is 11.1. The van der Waals surface area contributed by atoms with Crippen molar-refractivity contribution in [3.05, 3.63) is 0 Å². The van der Waals surface area contributed by atoms with Gasteiger partial charge in [0, 0.05) is 0 Å². The Morgan fingerprint density at radius 1 is 1.13 bits per heavy atom. The molecule has 0 saturated heterocycles. The summed E-state index contributed by atoms with van der Waals surface area (Å²) in [6.45, 7) is 6.68. The minimum Gasteiger partial charge on any atom is -0.197 e. The van der Waals surface area contributed by atoms with Crippen LogP contribution in [0.5, 0.6) is 0 Å². The molecule has 0 unspecified atom stereocenters. The van der Waals surface area contributed by atoms with Crippen molar-refractivity contribution in [3.63, 3.8) is 0 Å². The van der Waals surface area contributed by atoms with E-state index in [9.17, 15) is 5.26 Å². The standard InChI is InChI=1S/C13H23NS/c1-4-7-12(8-5-2)9-13(10-12,11-14)15-6-3/h4-10H2,1-3H3. The molecular formula is C13H23NS. The number of nitriles is 1. The van der Waals surface area contributed by atoms with Crippen LogP contribution in [0.25, 0.3) is 0 Å². The van der Waals surface area contributed by atoms with Gasteiger partial charge in [-0.15, -0.1) is 11.8 Å². The van der Waals surface area contributed by atoms with E-state index in [1.807, 2.05) is 11.8 Å². The van der Waals surface area contributed by atoms with E-state index in [4.69, 9.17) is 0 Å². The molecule has 0 amide bonds. The van der Waals surface area contributed by atoms with Crippen molar-refractivity contribution in [2.75, 3.05) is 5.75 Å². The largest absolute Gasteiger partial charge is 0.197 e. The second-order valence-electron chi connectivity index (χ2n) is 4.89. The Bertz CT molecular complexity index is 227. The molecule has 0 aromatic heterocycles. The summed E-state index contributed by atoms with van der Waals surface area (Å²) in [5, 5.41) is 9.27. The summed E-state index contributed by atoms with van der Waals surface area (Å²) in [5.74, 6) is 1.07. The predicted molar refractivity (Wildman–Crippen MR) is 68.0 cm³/mol. The van der Waals surface area contributed by atoms with Gasteiger partial charge in [-0.3, -0.25) is 0 Å². The van der Waals surface area contributed by atoms with Gasteiger partial charge in [0.1, 0.15) is 4.75 Å². The fraction of sp³-hybridized carbons (Fsp3) is 0.923. The first-order chi connectivity index (χ1) is 7.16.